The largest absolute Gasteiger partial charge is 0.462 e. The summed E-state index contributed by atoms with van der Waals surface area (Å²) in [6.45, 7) is -0.564. The minimum absolute atomic E-state index is 0.129. The van der Waals surface area contributed by atoms with E-state index in [1.807, 2.05) is 0 Å². The molecule has 1 saturated heterocycles. The lowest BCUT2D eigenvalue weighted by atomic mass is 9.99. The lowest BCUT2D eigenvalue weighted by Crippen LogP contribution is -2.60. The first-order chi connectivity index (χ1) is 9.93. The van der Waals surface area contributed by atoms with E-state index in [1.165, 1.54) is 24.3 Å². The van der Waals surface area contributed by atoms with Gasteiger partial charge in [0.25, 0.3) is 5.69 Å². The van der Waals surface area contributed by atoms with Crippen molar-refractivity contribution in [2.24, 2.45) is 0 Å². The van der Waals surface area contributed by atoms with Crippen LogP contribution in [-0.2, 0) is 4.74 Å². The molecule has 0 amide bonds. The molecule has 1 aromatic rings. The first-order valence-corrected chi connectivity index (χ1v) is 6.15. The lowest BCUT2D eigenvalue weighted by Gasteiger charge is -2.39. The minimum atomic E-state index is -1.54. The van der Waals surface area contributed by atoms with Crippen LogP contribution in [-0.4, -0.2) is 62.7 Å². The number of nitrogens with zero attached hydrogens (tertiary/aromatic N) is 1. The average molecular weight is 301 g/mol. The summed E-state index contributed by atoms with van der Waals surface area (Å²) in [6.07, 6.45) is -6.94. The molecule has 116 valence electrons. The van der Waals surface area contributed by atoms with Crippen LogP contribution < -0.4 is 4.74 Å². The van der Waals surface area contributed by atoms with E-state index in [9.17, 15) is 25.4 Å². The molecule has 9 nitrogen and oxygen atoms in total. The quantitative estimate of drug-likeness (QED) is 0.400. The maximum Gasteiger partial charge on any atom is 0.269 e. The predicted octanol–water partition coefficient (Wildman–Crippen LogP) is -1.23. The van der Waals surface area contributed by atoms with E-state index < -0.39 is 42.2 Å². The monoisotopic (exact) mass is 301 g/mol. The molecule has 0 aliphatic carbocycles. The Morgan fingerprint density at radius 3 is 2.29 bits per heavy atom. The summed E-state index contributed by atoms with van der Waals surface area (Å²) in [6, 6.07) is 5.03. The van der Waals surface area contributed by atoms with Crippen LogP contribution in [0.4, 0.5) is 5.69 Å². The Bertz CT molecular complexity index is 491. The van der Waals surface area contributed by atoms with Gasteiger partial charge in [-0.2, -0.15) is 0 Å². The SMILES string of the molecule is O=[N+]([O-])c1ccc(O[C@H]2O[C@H](CO)[C@H](O)[C@@H](O)[C@@H]2O)cc1. The Balaban J connectivity index is 2.08. The van der Waals surface area contributed by atoms with Gasteiger partial charge in [-0.15, -0.1) is 0 Å². The summed E-state index contributed by atoms with van der Waals surface area (Å²) in [5, 5.41) is 48.6. The Kier molecular flexibility index (Phi) is 4.70. The number of ether oxygens (including phenoxy) is 2. The first kappa shape index (κ1) is 15.6. The lowest BCUT2D eigenvalue weighted by molar-refractivity contribution is -0.384. The molecule has 0 aromatic heterocycles. The number of nitro benzene ring substituents is 1. The first-order valence-electron chi connectivity index (χ1n) is 6.15. The average Bonchev–Trinajstić information content (AvgIpc) is 2.48. The topological polar surface area (TPSA) is 143 Å². The number of benzene rings is 1. The highest BCUT2D eigenvalue weighted by Crippen LogP contribution is 2.25. The molecule has 4 N–H and O–H groups in total. The van der Waals surface area contributed by atoms with Crippen LogP contribution in [0.25, 0.3) is 0 Å². The van der Waals surface area contributed by atoms with Crippen molar-refractivity contribution in [3.05, 3.63) is 34.4 Å². The van der Waals surface area contributed by atoms with Crippen LogP contribution >= 0.6 is 0 Å². The molecule has 1 heterocycles. The Morgan fingerprint density at radius 1 is 1.14 bits per heavy atom. The van der Waals surface area contributed by atoms with Crippen molar-refractivity contribution in [1.29, 1.82) is 0 Å². The van der Waals surface area contributed by atoms with Crippen molar-refractivity contribution >= 4 is 5.69 Å². The Morgan fingerprint density at radius 2 is 1.76 bits per heavy atom. The fraction of sp³-hybridized carbons (Fsp3) is 0.500. The van der Waals surface area contributed by atoms with Crippen molar-refractivity contribution in [3.63, 3.8) is 0 Å². The molecule has 0 radical (unpaired) electrons. The van der Waals surface area contributed by atoms with Gasteiger partial charge < -0.3 is 29.9 Å². The van der Waals surface area contributed by atoms with Gasteiger partial charge in [-0.25, -0.2) is 0 Å². The van der Waals surface area contributed by atoms with E-state index >= 15 is 0 Å². The summed E-state index contributed by atoms with van der Waals surface area (Å²) < 4.78 is 10.4. The number of rotatable bonds is 4. The minimum Gasteiger partial charge on any atom is -0.462 e. The second kappa shape index (κ2) is 6.33. The molecule has 5 atom stereocenters. The van der Waals surface area contributed by atoms with Crippen molar-refractivity contribution in [3.8, 4) is 5.75 Å². The second-order valence-corrected chi connectivity index (χ2v) is 4.57. The third-order valence-electron chi connectivity index (χ3n) is 3.15. The normalized spacial score (nSPS) is 32.7. The van der Waals surface area contributed by atoms with Gasteiger partial charge in [0.2, 0.25) is 6.29 Å². The van der Waals surface area contributed by atoms with Crippen LogP contribution in [0.2, 0.25) is 0 Å². The van der Waals surface area contributed by atoms with Gasteiger partial charge in [-0.3, -0.25) is 10.1 Å². The highest BCUT2D eigenvalue weighted by Gasteiger charge is 2.44. The molecule has 2 rings (SSSR count). The van der Waals surface area contributed by atoms with Gasteiger partial charge in [-0.1, -0.05) is 0 Å². The Hall–Kier alpha value is -1.78. The van der Waals surface area contributed by atoms with Crippen LogP contribution in [0, 0.1) is 10.1 Å². The van der Waals surface area contributed by atoms with Gasteiger partial charge in [0.05, 0.1) is 11.5 Å². The van der Waals surface area contributed by atoms with Crippen molar-refractivity contribution in [2.45, 2.75) is 30.7 Å². The maximum absolute atomic E-state index is 10.5. The fourth-order valence-corrected chi connectivity index (χ4v) is 1.95. The van der Waals surface area contributed by atoms with Gasteiger partial charge >= 0.3 is 0 Å². The van der Waals surface area contributed by atoms with Gasteiger partial charge in [0.15, 0.2) is 0 Å². The summed E-state index contributed by atoms with van der Waals surface area (Å²) in [7, 11) is 0. The molecule has 9 heteroatoms. The van der Waals surface area contributed by atoms with E-state index in [0.29, 0.717) is 0 Å². The van der Waals surface area contributed by atoms with Gasteiger partial charge in [0.1, 0.15) is 30.2 Å². The molecule has 1 aliphatic heterocycles. The van der Waals surface area contributed by atoms with Crippen LogP contribution in [0.15, 0.2) is 24.3 Å². The van der Waals surface area contributed by atoms with E-state index in [0.717, 1.165) is 0 Å². The predicted molar refractivity (Wildman–Crippen MR) is 67.5 cm³/mol. The van der Waals surface area contributed by atoms with E-state index in [4.69, 9.17) is 14.6 Å². The third-order valence-corrected chi connectivity index (χ3v) is 3.15. The summed E-state index contributed by atoms with van der Waals surface area (Å²) >= 11 is 0. The summed E-state index contributed by atoms with van der Waals surface area (Å²) in [4.78, 5) is 9.95. The molecule has 0 spiro atoms. The smallest absolute Gasteiger partial charge is 0.269 e. The number of hydrogen-bond acceptors (Lipinski definition) is 8. The molecule has 21 heavy (non-hydrogen) atoms. The third kappa shape index (κ3) is 3.28. The van der Waals surface area contributed by atoms with E-state index in [2.05, 4.69) is 0 Å². The molecule has 1 fully saturated rings. The second-order valence-electron chi connectivity index (χ2n) is 4.57. The number of hydrogen-bond donors (Lipinski definition) is 4. The molecular formula is C12H15NO8. The molecule has 0 saturated carbocycles. The number of nitro groups is 1. The van der Waals surface area contributed by atoms with Crippen LogP contribution in [0.5, 0.6) is 5.75 Å². The Labute approximate surface area is 119 Å². The number of non-ortho nitro benzene ring substituents is 1. The molecule has 1 aromatic carbocycles. The molecular weight excluding hydrogens is 286 g/mol. The number of aliphatic hydroxyl groups is 4. The number of aliphatic hydroxyl groups excluding tert-OH is 4. The zero-order valence-electron chi connectivity index (χ0n) is 10.8. The standard InChI is InChI=1S/C12H15NO8/c14-5-8-9(15)10(16)11(17)12(21-8)20-7-3-1-6(2-4-7)13(18)19/h1-4,8-12,14-17H,5H2/t8-,9+,10-,11+,12+/m1/s1. The maximum atomic E-state index is 10.5. The van der Waals surface area contributed by atoms with Crippen LogP contribution in [0.1, 0.15) is 0 Å². The molecule has 0 bridgehead atoms. The summed E-state index contributed by atoms with van der Waals surface area (Å²) in [5.41, 5.74) is -0.129. The summed E-state index contributed by atoms with van der Waals surface area (Å²) in [5.74, 6) is 0.171. The van der Waals surface area contributed by atoms with Crippen molar-refractivity contribution < 1.29 is 34.8 Å². The van der Waals surface area contributed by atoms with Crippen molar-refractivity contribution in [2.75, 3.05) is 6.61 Å². The fourth-order valence-electron chi connectivity index (χ4n) is 1.95. The van der Waals surface area contributed by atoms with Gasteiger partial charge in [-0.05, 0) is 12.1 Å². The van der Waals surface area contributed by atoms with Crippen LogP contribution in [0.3, 0.4) is 0 Å². The highest BCUT2D eigenvalue weighted by atomic mass is 16.7. The van der Waals surface area contributed by atoms with Gasteiger partial charge in [0, 0.05) is 12.1 Å². The highest BCUT2D eigenvalue weighted by molar-refractivity contribution is 5.36. The zero-order chi connectivity index (χ0) is 15.6. The van der Waals surface area contributed by atoms with E-state index in [1.54, 1.807) is 0 Å². The van der Waals surface area contributed by atoms with E-state index in [-0.39, 0.29) is 11.4 Å². The molecule has 1 aliphatic rings. The zero-order valence-corrected chi connectivity index (χ0v) is 10.8. The van der Waals surface area contributed by atoms with Crippen molar-refractivity contribution in [1.82, 2.24) is 0 Å². The molecule has 0 unspecified atom stereocenters.